The Labute approximate surface area is 153 Å². The number of carbonyl (C=O) groups is 1. The van der Waals surface area contributed by atoms with Gasteiger partial charge >= 0.3 is 0 Å². The Balaban J connectivity index is 2.43. The minimum Gasteiger partial charge on any atom is -0.384 e. The number of nitrogens with one attached hydrogen (secondary N) is 1. The molecule has 1 rings (SSSR count). The van der Waals surface area contributed by atoms with Crippen molar-refractivity contribution in [2.75, 3.05) is 20.1 Å². The Morgan fingerprint density at radius 2 is 2.17 bits per heavy atom. The van der Waals surface area contributed by atoms with Crippen molar-refractivity contribution in [2.24, 2.45) is 10.9 Å². The fraction of sp³-hybridized carbons (Fsp3) is 0.647. The van der Waals surface area contributed by atoms with E-state index in [1.807, 2.05) is 11.9 Å². The summed E-state index contributed by atoms with van der Waals surface area (Å²) in [5, 5.41) is 3.91. The Kier molecular flexibility index (Phi) is 9.56. The first-order valence-electron chi connectivity index (χ1n) is 8.20. The van der Waals surface area contributed by atoms with Crippen LogP contribution in [0.2, 0.25) is 0 Å². The van der Waals surface area contributed by atoms with Crippen LogP contribution in [0.15, 0.2) is 27.4 Å². The third-order valence-electron chi connectivity index (χ3n) is 3.54. The van der Waals surface area contributed by atoms with E-state index in [0.29, 0.717) is 17.0 Å². The topological polar surface area (TPSA) is 44.7 Å². The summed E-state index contributed by atoms with van der Waals surface area (Å²) in [6.07, 6.45) is 8.97. The van der Waals surface area contributed by atoms with Crippen molar-refractivity contribution in [1.29, 1.82) is 0 Å². The third kappa shape index (κ3) is 8.56. The minimum atomic E-state index is 0.291. The first kappa shape index (κ1) is 20.2. The van der Waals surface area contributed by atoms with E-state index in [9.17, 15) is 4.79 Å². The van der Waals surface area contributed by atoms with E-state index in [1.54, 1.807) is 13.1 Å². The van der Waals surface area contributed by atoms with Gasteiger partial charge in [-0.25, -0.2) is 4.99 Å². The number of unbranched alkanes of at least 4 members (excludes halogenated alkanes) is 1. The van der Waals surface area contributed by atoms with Crippen LogP contribution in [0.3, 0.4) is 0 Å². The van der Waals surface area contributed by atoms with Gasteiger partial charge in [-0.05, 0) is 48.5 Å². The highest BCUT2D eigenvalue weighted by atomic mass is 79.9. The largest absolute Gasteiger partial charge is 0.384 e. The van der Waals surface area contributed by atoms with E-state index >= 15 is 0 Å². The molecule has 6 heteroatoms. The summed E-state index contributed by atoms with van der Waals surface area (Å²) < 4.78 is 0.883. The lowest BCUT2D eigenvalue weighted by Gasteiger charge is -2.17. The molecule has 0 bridgehead atoms. The van der Waals surface area contributed by atoms with Gasteiger partial charge in [0.2, 0.25) is 5.91 Å². The average Bonchev–Trinajstić information content (AvgIpc) is 3.35. The second-order valence-corrected chi connectivity index (χ2v) is 7.23. The first-order valence-corrected chi connectivity index (χ1v) is 9.37. The van der Waals surface area contributed by atoms with E-state index in [1.165, 1.54) is 0 Å². The molecule has 0 radical (unpaired) electrons. The van der Waals surface area contributed by atoms with Gasteiger partial charge in [-0.1, -0.05) is 31.0 Å². The average molecular weight is 405 g/mol. The molecule has 0 aromatic heterocycles. The van der Waals surface area contributed by atoms with Gasteiger partial charge < -0.3 is 10.2 Å². The second-order valence-electron chi connectivity index (χ2n) is 5.82. The number of carbonyl (C=O) groups excluding carboxylic acids is 1. The van der Waals surface area contributed by atoms with Crippen LogP contribution in [0.25, 0.3) is 0 Å². The number of hydrogen-bond acceptors (Lipinski definition) is 3. The molecule has 1 amide bonds. The smallest absolute Gasteiger partial charge is 0.225 e. The monoisotopic (exact) mass is 403 g/mol. The normalized spacial score (nSPS) is 16.5. The molecule has 1 saturated carbocycles. The molecule has 1 aliphatic rings. The van der Waals surface area contributed by atoms with Crippen LogP contribution in [-0.2, 0) is 4.79 Å². The molecule has 0 heterocycles. The highest BCUT2D eigenvalue weighted by Gasteiger charge is 2.31. The zero-order valence-electron chi connectivity index (χ0n) is 14.2. The van der Waals surface area contributed by atoms with Crippen LogP contribution in [-0.4, -0.2) is 36.1 Å². The standard InChI is InChI=1S/C17H27BrClN3O/c1-4-5-7-16(15(18)12-21-13(2)19)20-10-6-11-22(3)17(23)14-8-9-14/h7,12,14,20H,4-6,8-11H2,1-3H3/b15-12+,16-7-,21-13?. The molecule has 0 unspecified atom stereocenters. The number of nitrogens with zero attached hydrogens (tertiary/aromatic N) is 2. The summed E-state index contributed by atoms with van der Waals surface area (Å²) in [5.41, 5.74) is 1.02. The molecule has 0 aromatic rings. The van der Waals surface area contributed by atoms with Crippen LogP contribution in [0, 0.1) is 5.92 Å². The fourth-order valence-electron chi connectivity index (χ4n) is 2.05. The molecule has 0 saturated heterocycles. The second kappa shape index (κ2) is 10.9. The van der Waals surface area contributed by atoms with Crippen molar-refractivity contribution in [3.63, 3.8) is 0 Å². The van der Waals surface area contributed by atoms with Gasteiger partial charge in [0.1, 0.15) is 5.17 Å². The molecule has 1 fully saturated rings. The van der Waals surface area contributed by atoms with Crippen LogP contribution in [0.4, 0.5) is 0 Å². The first-order chi connectivity index (χ1) is 11.0. The molecule has 0 atom stereocenters. The lowest BCUT2D eigenvalue weighted by atomic mass is 10.2. The summed E-state index contributed by atoms with van der Waals surface area (Å²) in [6.45, 7) is 5.48. The quantitative estimate of drug-likeness (QED) is 0.333. The van der Waals surface area contributed by atoms with E-state index < -0.39 is 0 Å². The maximum absolute atomic E-state index is 11.9. The van der Waals surface area contributed by atoms with Crippen molar-refractivity contribution in [3.05, 3.63) is 22.5 Å². The van der Waals surface area contributed by atoms with Crippen molar-refractivity contribution >= 4 is 38.6 Å². The number of halogens is 2. The molecule has 23 heavy (non-hydrogen) atoms. The zero-order chi connectivity index (χ0) is 17.2. The molecule has 4 nitrogen and oxygen atoms in total. The van der Waals surface area contributed by atoms with Gasteiger partial charge in [-0.15, -0.1) is 0 Å². The van der Waals surface area contributed by atoms with Crippen molar-refractivity contribution in [1.82, 2.24) is 10.2 Å². The SMILES string of the molecule is CCC/C=C(NCCCN(C)C(=O)C1CC1)/C(Br)=C\N=C(C)Cl. The molecule has 0 aromatic carbocycles. The summed E-state index contributed by atoms with van der Waals surface area (Å²) in [7, 11) is 1.89. The molecule has 0 aliphatic heterocycles. The Morgan fingerprint density at radius 1 is 1.48 bits per heavy atom. The number of amides is 1. The number of rotatable bonds is 10. The van der Waals surface area contributed by atoms with Crippen LogP contribution in [0.1, 0.15) is 46.0 Å². The van der Waals surface area contributed by atoms with Gasteiger partial charge in [-0.2, -0.15) is 0 Å². The summed E-state index contributed by atoms with van der Waals surface area (Å²) in [5.74, 6) is 0.585. The van der Waals surface area contributed by atoms with E-state index in [4.69, 9.17) is 11.6 Å². The Bertz CT molecular complexity index is 480. The van der Waals surface area contributed by atoms with Gasteiger partial charge in [0, 0.05) is 38.0 Å². The molecule has 1 aliphatic carbocycles. The molecule has 1 N–H and O–H groups in total. The van der Waals surface area contributed by atoms with Gasteiger partial charge in [0.25, 0.3) is 0 Å². The van der Waals surface area contributed by atoms with Gasteiger partial charge in [0.15, 0.2) is 0 Å². The molecular formula is C17H27BrClN3O. The predicted octanol–water partition coefficient (Wildman–Crippen LogP) is 4.41. The maximum Gasteiger partial charge on any atom is 0.225 e. The lowest BCUT2D eigenvalue weighted by Crippen LogP contribution is -2.30. The highest BCUT2D eigenvalue weighted by molar-refractivity contribution is 9.12. The van der Waals surface area contributed by atoms with Crippen molar-refractivity contribution in [2.45, 2.75) is 46.0 Å². The summed E-state index contributed by atoms with van der Waals surface area (Å²) >= 11 is 9.29. The lowest BCUT2D eigenvalue weighted by molar-refractivity contribution is -0.131. The van der Waals surface area contributed by atoms with E-state index in [0.717, 1.165) is 55.4 Å². The highest BCUT2D eigenvalue weighted by Crippen LogP contribution is 2.30. The number of hydrogen-bond donors (Lipinski definition) is 1. The van der Waals surface area contributed by atoms with Crippen LogP contribution in [0.5, 0.6) is 0 Å². The van der Waals surface area contributed by atoms with Crippen LogP contribution < -0.4 is 5.32 Å². The fourth-order valence-corrected chi connectivity index (χ4v) is 2.50. The van der Waals surface area contributed by atoms with E-state index in [-0.39, 0.29) is 0 Å². The van der Waals surface area contributed by atoms with Gasteiger partial charge in [-0.3, -0.25) is 4.79 Å². The minimum absolute atomic E-state index is 0.291. The van der Waals surface area contributed by atoms with Crippen LogP contribution >= 0.6 is 27.5 Å². The van der Waals surface area contributed by atoms with Gasteiger partial charge in [0.05, 0.1) is 4.48 Å². The third-order valence-corrected chi connectivity index (χ3v) is 4.27. The summed E-state index contributed by atoms with van der Waals surface area (Å²) in [6, 6.07) is 0. The molecule has 130 valence electrons. The Hall–Kier alpha value is -0.810. The zero-order valence-corrected chi connectivity index (χ0v) is 16.6. The maximum atomic E-state index is 11.9. The number of aliphatic imine (C=N–C) groups is 1. The summed E-state index contributed by atoms with van der Waals surface area (Å²) in [4.78, 5) is 17.8. The van der Waals surface area contributed by atoms with Crippen molar-refractivity contribution < 1.29 is 4.79 Å². The van der Waals surface area contributed by atoms with Crippen molar-refractivity contribution in [3.8, 4) is 0 Å². The van der Waals surface area contributed by atoms with E-state index in [2.05, 4.69) is 39.2 Å². The molecule has 0 spiro atoms. The molecular weight excluding hydrogens is 378 g/mol. The predicted molar refractivity (Wildman–Crippen MR) is 102 cm³/mol. The number of allylic oxidation sites excluding steroid dienone is 2. The Morgan fingerprint density at radius 3 is 2.74 bits per heavy atom.